The molecule has 2 N–H and O–H groups in total. The number of nitrogens with zero attached hydrogens (tertiary/aromatic N) is 1. The molecule has 0 heterocycles. The normalized spacial score (nSPS) is 14.9. The third kappa shape index (κ3) is 13.4. The van der Waals surface area contributed by atoms with Gasteiger partial charge in [-0.05, 0) is 104 Å². The summed E-state index contributed by atoms with van der Waals surface area (Å²) in [5, 5.41) is 5.87. The highest BCUT2D eigenvalue weighted by molar-refractivity contribution is 5.94. The van der Waals surface area contributed by atoms with Crippen molar-refractivity contribution in [2.45, 2.75) is 151 Å². The molecule has 0 bridgehead atoms. The third-order valence-electron chi connectivity index (χ3n) is 8.58. The molecule has 9 heteroatoms. The molecular formula is C41H63N3O6. The third-order valence-corrected chi connectivity index (χ3v) is 8.58. The van der Waals surface area contributed by atoms with Gasteiger partial charge < -0.3 is 25.0 Å². The van der Waals surface area contributed by atoms with Crippen LogP contribution in [0, 0.1) is 25.7 Å². The fourth-order valence-corrected chi connectivity index (χ4v) is 5.81. The number of aryl methyl sites for hydroxylation is 2. The molecule has 3 amide bonds. The zero-order valence-electron chi connectivity index (χ0n) is 32.8. The zero-order chi connectivity index (χ0) is 38.0. The van der Waals surface area contributed by atoms with Crippen molar-refractivity contribution in [1.29, 1.82) is 0 Å². The van der Waals surface area contributed by atoms with Crippen LogP contribution in [0.15, 0.2) is 48.5 Å². The summed E-state index contributed by atoms with van der Waals surface area (Å²) < 4.78 is 11.4. The highest BCUT2D eigenvalue weighted by atomic mass is 16.6. The van der Waals surface area contributed by atoms with Gasteiger partial charge in [-0.3, -0.25) is 9.59 Å². The minimum absolute atomic E-state index is 0.202. The van der Waals surface area contributed by atoms with Crippen molar-refractivity contribution in [3.8, 4) is 0 Å². The molecule has 0 saturated heterocycles. The first-order chi connectivity index (χ1) is 23.1. The van der Waals surface area contributed by atoms with Gasteiger partial charge in [-0.2, -0.15) is 0 Å². The Morgan fingerprint density at radius 3 is 1.92 bits per heavy atom. The van der Waals surface area contributed by atoms with Crippen LogP contribution in [-0.4, -0.2) is 58.1 Å². The molecule has 0 aliphatic rings. The SMILES string of the molecule is CCC(C)C(NC(=O)OC(C)(C)C)C(=O)N(C(C)CCC(C)C)C(C(=O)NC(Cc1ccccc1)C(=O)OC(C)(C)C)c1ccc(C)cc1C. The topological polar surface area (TPSA) is 114 Å². The second-order valence-electron chi connectivity index (χ2n) is 16.1. The number of hydrogen-bond acceptors (Lipinski definition) is 6. The lowest BCUT2D eigenvalue weighted by atomic mass is 9.91. The monoisotopic (exact) mass is 693 g/mol. The maximum Gasteiger partial charge on any atom is 0.408 e. The molecule has 278 valence electrons. The molecule has 9 nitrogen and oxygen atoms in total. The molecular weight excluding hydrogens is 630 g/mol. The van der Waals surface area contributed by atoms with Crippen LogP contribution >= 0.6 is 0 Å². The quantitative estimate of drug-likeness (QED) is 0.183. The fraction of sp³-hybridized carbons (Fsp3) is 0.610. The lowest BCUT2D eigenvalue weighted by Crippen LogP contribution is -2.58. The van der Waals surface area contributed by atoms with Gasteiger partial charge in [0.05, 0.1) is 0 Å². The van der Waals surface area contributed by atoms with Gasteiger partial charge in [-0.1, -0.05) is 88.2 Å². The van der Waals surface area contributed by atoms with E-state index in [1.54, 1.807) is 46.4 Å². The molecule has 2 rings (SSSR count). The minimum atomic E-state index is -1.11. The molecule has 0 aromatic heterocycles. The molecule has 0 saturated carbocycles. The Hall–Kier alpha value is -3.88. The van der Waals surface area contributed by atoms with E-state index in [1.165, 1.54) is 0 Å². The van der Waals surface area contributed by atoms with Gasteiger partial charge in [-0.25, -0.2) is 9.59 Å². The summed E-state index contributed by atoms with van der Waals surface area (Å²) in [5.41, 5.74) is 1.78. The predicted octanol–water partition coefficient (Wildman–Crippen LogP) is 8.01. The number of alkyl carbamates (subject to hydrolysis) is 1. The van der Waals surface area contributed by atoms with E-state index < -0.39 is 59.2 Å². The number of carbonyl (C=O) groups is 4. The lowest BCUT2D eigenvalue weighted by molar-refractivity contribution is -0.159. The van der Waals surface area contributed by atoms with E-state index >= 15 is 4.79 Å². The van der Waals surface area contributed by atoms with Crippen molar-refractivity contribution >= 4 is 23.9 Å². The minimum Gasteiger partial charge on any atom is -0.458 e. The summed E-state index contributed by atoms with van der Waals surface area (Å²) in [4.78, 5) is 58.3. The van der Waals surface area contributed by atoms with Crippen molar-refractivity contribution in [2.75, 3.05) is 0 Å². The van der Waals surface area contributed by atoms with Crippen LogP contribution in [0.2, 0.25) is 0 Å². The lowest BCUT2D eigenvalue weighted by Gasteiger charge is -2.40. The van der Waals surface area contributed by atoms with Gasteiger partial charge in [0, 0.05) is 12.5 Å². The number of amides is 3. The van der Waals surface area contributed by atoms with E-state index in [4.69, 9.17) is 9.47 Å². The number of benzene rings is 2. The van der Waals surface area contributed by atoms with Crippen LogP contribution in [0.1, 0.15) is 124 Å². The summed E-state index contributed by atoms with van der Waals surface area (Å²) in [7, 11) is 0. The Kier molecular flexibility index (Phi) is 15.5. The molecule has 0 spiro atoms. The standard InChI is InChI=1S/C41H63N3O6/c1-14-28(5)34(43-39(48)50-41(11,12)13)37(46)44(30(7)22-20-26(2)3)35(32-23-21-27(4)24-29(32)6)36(45)42-33(38(47)49-40(8,9)10)25-31-18-16-15-17-19-31/h15-19,21,23-24,26,28,30,33-35H,14,20,22,25H2,1-13H3,(H,42,45)(H,43,48). The Morgan fingerprint density at radius 1 is 0.800 bits per heavy atom. The predicted molar refractivity (Wildman–Crippen MR) is 200 cm³/mol. The number of hydrogen-bond donors (Lipinski definition) is 2. The molecule has 50 heavy (non-hydrogen) atoms. The van der Waals surface area contributed by atoms with Crippen molar-refractivity contribution in [3.05, 3.63) is 70.8 Å². The smallest absolute Gasteiger partial charge is 0.408 e. The van der Waals surface area contributed by atoms with Crippen LogP contribution in [-0.2, 0) is 30.3 Å². The van der Waals surface area contributed by atoms with E-state index in [0.29, 0.717) is 24.3 Å². The fourth-order valence-electron chi connectivity index (χ4n) is 5.81. The van der Waals surface area contributed by atoms with Gasteiger partial charge in [0.2, 0.25) is 11.8 Å². The first-order valence-electron chi connectivity index (χ1n) is 18.1. The van der Waals surface area contributed by atoms with E-state index in [0.717, 1.165) is 23.1 Å². The Balaban J connectivity index is 2.78. The van der Waals surface area contributed by atoms with E-state index in [1.807, 2.05) is 83.1 Å². The second kappa shape index (κ2) is 18.4. The second-order valence-corrected chi connectivity index (χ2v) is 16.1. The van der Waals surface area contributed by atoms with Gasteiger partial charge >= 0.3 is 12.1 Å². The summed E-state index contributed by atoms with van der Waals surface area (Å²) in [6.45, 7) is 24.6. The van der Waals surface area contributed by atoms with Gasteiger partial charge in [-0.15, -0.1) is 0 Å². The molecule has 0 fully saturated rings. The van der Waals surface area contributed by atoms with E-state index in [9.17, 15) is 14.4 Å². The summed E-state index contributed by atoms with van der Waals surface area (Å²) >= 11 is 0. The van der Waals surface area contributed by atoms with Crippen LogP contribution in [0.4, 0.5) is 4.79 Å². The first-order valence-corrected chi connectivity index (χ1v) is 18.1. The summed E-state index contributed by atoms with van der Waals surface area (Å²) in [5.74, 6) is -1.38. The number of esters is 1. The molecule has 2 aromatic carbocycles. The van der Waals surface area contributed by atoms with Crippen LogP contribution in [0.5, 0.6) is 0 Å². The van der Waals surface area contributed by atoms with Crippen molar-refractivity contribution in [3.63, 3.8) is 0 Å². The zero-order valence-corrected chi connectivity index (χ0v) is 32.8. The number of nitrogens with one attached hydrogen (secondary N) is 2. The number of carbonyl (C=O) groups excluding carboxylic acids is 4. The van der Waals surface area contributed by atoms with Crippen molar-refractivity contribution in [1.82, 2.24) is 15.5 Å². The van der Waals surface area contributed by atoms with Gasteiger partial charge in [0.15, 0.2) is 0 Å². The van der Waals surface area contributed by atoms with Crippen molar-refractivity contribution in [2.24, 2.45) is 11.8 Å². The molecule has 2 aromatic rings. The Bertz CT molecular complexity index is 1430. The molecule has 0 aliphatic heterocycles. The first kappa shape index (κ1) is 42.3. The molecule has 0 aliphatic carbocycles. The summed E-state index contributed by atoms with van der Waals surface area (Å²) in [6, 6.07) is 11.7. The number of ether oxygens (including phenoxy) is 2. The Labute approximate surface area is 301 Å². The van der Waals surface area contributed by atoms with Gasteiger partial charge in [0.1, 0.15) is 29.3 Å². The van der Waals surface area contributed by atoms with Crippen molar-refractivity contribution < 1.29 is 28.7 Å². The molecule has 5 unspecified atom stereocenters. The summed E-state index contributed by atoms with van der Waals surface area (Å²) in [6.07, 6.45) is 1.53. The highest BCUT2D eigenvalue weighted by Gasteiger charge is 2.42. The Morgan fingerprint density at radius 2 is 1.40 bits per heavy atom. The molecule has 5 atom stereocenters. The van der Waals surface area contributed by atoms with Crippen LogP contribution < -0.4 is 10.6 Å². The average Bonchev–Trinajstić information content (AvgIpc) is 2.99. The van der Waals surface area contributed by atoms with Crippen LogP contribution in [0.3, 0.4) is 0 Å². The highest BCUT2D eigenvalue weighted by Crippen LogP contribution is 2.31. The maximum absolute atomic E-state index is 15.0. The molecule has 0 radical (unpaired) electrons. The van der Waals surface area contributed by atoms with E-state index in [-0.39, 0.29) is 12.3 Å². The van der Waals surface area contributed by atoms with Gasteiger partial charge in [0.25, 0.3) is 0 Å². The van der Waals surface area contributed by atoms with Crippen LogP contribution in [0.25, 0.3) is 0 Å². The number of rotatable bonds is 15. The largest absolute Gasteiger partial charge is 0.458 e. The van der Waals surface area contributed by atoms with E-state index in [2.05, 4.69) is 24.5 Å². The maximum atomic E-state index is 15.0. The average molecular weight is 694 g/mol.